The Morgan fingerprint density at radius 3 is 2.39 bits per heavy atom. The van der Waals surface area contributed by atoms with Crippen LogP contribution in [0.25, 0.3) is 22.9 Å². The van der Waals surface area contributed by atoms with Crippen LogP contribution < -0.4 is 9.64 Å². The lowest BCUT2D eigenvalue weighted by Crippen LogP contribution is -2.09. The van der Waals surface area contributed by atoms with E-state index >= 15 is 0 Å². The minimum Gasteiger partial charge on any atom is -0.496 e. The SMILES string of the molecule is CCCCc1c(C)cc(/C=C/c2ccc(N(C)C)c3ccccc23)cc1OC. The number of ether oxygens (including phenoxy) is 1. The maximum Gasteiger partial charge on any atom is 0.122 e. The molecule has 0 N–H and O–H groups in total. The van der Waals surface area contributed by atoms with E-state index in [9.17, 15) is 0 Å². The maximum absolute atomic E-state index is 5.69. The van der Waals surface area contributed by atoms with Crippen LogP contribution in [0.15, 0.2) is 48.5 Å². The number of rotatable bonds is 7. The summed E-state index contributed by atoms with van der Waals surface area (Å²) in [7, 11) is 5.95. The van der Waals surface area contributed by atoms with Gasteiger partial charge in [0.25, 0.3) is 0 Å². The van der Waals surface area contributed by atoms with Gasteiger partial charge in [-0.2, -0.15) is 0 Å². The Bertz CT molecular complexity index is 985. The van der Waals surface area contributed by atoms with Gasteiger partial charge in [0.05, 0.1) is 7.11 Å². The molecule has 0 aromatic heterocycles. The Morgan fingerprint density at radius 1 is 0.964 bits per heavy atom. The Balaban J connectivity index is 1.98. The summed E-state index contributed by atoms with van der Waals surface area (Å²) in [5, 5.41) is 2.55. The van der Waals surface area contributed by atoms with Crippen LogP contribution in [0.2, 0.25) is 0 Å². The molecule has 3 aromatic rings. The molecule has 0 aliphatic carbocycles. The van der Waals surface area contributed by atoms with Crippen molar-refractivity contribution in [3.63, 3.8) is 0 Å². The minimum atomic E-state index is 1.00. The summed E-state index contributed by atoms with van der Waals surface area (Å²) in [6, 6.07) is 17.4. The lowest BCUT2D eigenvalue weighted by molar-refractivity contribution is 0.408. The smallest absolute Gasteiger partial charge is 0.122 e. The first-order valence-electron chi connectivity index (χ1n) is 10.1. The van der Waals surface area contributed by atoms with Crippen molar-refractivity contribution in [1.82, 2.24) is 0 Å². The molecule has 2 heteroatoms. The molecule has 0 aliphatic heterocycles. The van der Waals surface area contributed by atoms with Gasteiger partial charge in [-0.05, 0) is 59.5 Å². The van der Waals surface area contributed by atoms with E-state index < -0.39 is 0 Å². The van der Waals surface area contributed by atoms with Gasteiger partial charge in [-0.1, -0.05) is 61.9 Å². The maximum atomic E-state index is 5.69. The third kappa shape index (κ3) is 4.22. The highest BCUT2D eigenvalue weighted by Crippen LogP contribution is 2.31. The molecule has 3 aromatic carbocycles. The largest absolute Gasteiger partial charge is 0.496 e. The van der Waals surface area contributed by atoms with E-state index in [2.05, 4.69) is 93.5 Å². The zero-order valence-corrected chi connectivity index (χ0v) is 17.8. The lowest BCUT2D eigenvalue weighted by Gasteiger charge is -2.16. The second-order valence-electron chi connectivity index (χ2n) is 7.57. The molecule has 0 saturated carbocycles. The highest BCUT2D eigenvalue weighted by Gasteiger charge is 2.09. The zero-order valence-electron chi connectivity index (χ0n) is 17.8. The molecule has 28 heavy (non-hydrogen) atoms. The van der Waals surface area contributed by atoms with Crippen molar-refractivity contribution in [2.75, 3.05) is 26.1 Å². The molecule has 0 atom stereocenters. The van der Waals surface area contributed by atoms with Gasteiger partial charge in [0.2, 0.25) is 0 Å². The molecular formula is C26H31NO. The first-order chi connectivity index (χ1) is 13.5. The van der Waals surface area contributed by atoms with Crippen molar-refractivity contribution in [3.8, 4) is 5.75 Å². The number of fused-ring (bicyclic) bond motifs is 1. The van der Waals surface area contributed by atoms with E-state index in [0.29, 0.717) is 0 Å². The van der Waals surface area contributed by atoms with Crippen LogP contribution in [0, 0.1) is 6.92 Å². The molecule has 0 aliphatic rings. The fourth-order valence-electron chi connectivity index (χ4n) is 3.79. The van der Waals surface area contributed by atoms with Crippen molar-refractivity contribution in [2.24, 2.45) is 0 Å². The lowest BCUT2D eigenvalue weighted by atomic mass is 9.97. The van der Waals surface area contributed by atoms with Gasteiger partial charge >= 0.3 is 0 Å². The second kappa shape index (κ2) is 8.97. The first kappa shape index (κ1) is 20.0. The van der Waals surface area contributed by atoms with E-state index in [4.69, 9.17) is 4.74 Å². The molecule has 2 nitrogen and oxygen atoms in total. The molecule has 0 unspecified atom stereocenters. The topological polar surface area (TPSA) is 12.5 Å². The summed E-state index contributed by atoms with van der Waals surface area (Å²) >= 11 is 0. The van der Waals surface area contributed by atoms with Gasteiger partial charge in [-0.25, -0.2) is 0 Å². The van der Waals surface area contributed by atoms with E-state index in [1.165, 1.54) is 51.6 Å². The average molecular weight is 374 g/mol. The van der Waals surface area contributed by atoms with E-state index in [-0.39, 0.29) is 0 Å². The van der Waals surface area contributed by atoms with Crippen LogP contribution in [0.1, 0.15) is 42.0 Å². The Morgan fingerprint density at radius 2 is 1.71 bits per heavy atom. The first-order valence-corrected chi connectivity index (χ1v) is 10.1. The van der Waals surface area contributed by atoms with Crippen LogP contribution in [-0.2, 0) is 6.42 Å². The molecule has 146 valence electrons. The number of unbranched alkanes of at least 4 members (excludes halogenated alkanes) is 1. The van der Waals surface area contributed by atoms with Crippen LogP contribution in [-0.4, -0.2) is 21.2 Å². The summed E-state index contributed by atoms with van der Waals surface area (Å²) in [5.74, 6) is 1.00. The molecule has 0 bridgehead atoms. The van der Waals surface area contributed by atoms with Crippen molar-refractivity contribution in [1.29, 1.82) is 0 Å². The van der Waals surface area contributed by atoms with Crippen LogP contribution >= 0.6 is 0 Å². The molecule has 0 amide bonds. The Labute approximate surface area is 169 Å². The second-order valence-corrected chi connectivity index (χ2v) is 7.57. The highest BCUT2D eigenvalue weighted by atomic mass is 16.5. The average Bonchev–Trinajstić information content (AvgIpc) is 2.70. The zero-order chi connectivity index (χ0) is 20.1. The van der Waals surface area contributed by atoms with E-state index in [0.717, 1.165) is 12.2 Å². The third-order valence-corrected chi connectivity index (χ3v) is 5.33. The number of aryl methyl sites for hydroxylation is 1. The predicted molar refractivity (Wildman–Crippen MR) is 124 cm³/mol. The van der Waals surface area contributed by atoms with Gasteiger partial charge in [-0.15, -0.1) is 0 Å². The van der Waals surface area contributed by atoms with Crippen molar-refractivity contribution >= 4 is 28.6 Å². The standard InChI is InChI=1S/C26H31NO/c1-6-7-10-22-19(2)17-20(18-26(22)28-5)13-14-21-15-16-25(27(3)4)24-12-9-8-11-23(21)24/h8-9,11-18H,6-7,10H2,1-5H3/b14-13+. The molecule has 0 fully saturated rings. The summed E-state index contributed by atoms with van der Waals surface area (Å²) in [4.78, 5) is 2.17. The number of hydrogen-bond donors (Lipinski definition) is 0. The highest BCUT2D eigenvalue weighted by molar-refractivity contribution is 6.00. The number of methoxy groups -OCH3 is 1. The third-order valence-electron chi connectivity index (χ3n) is 5.33. The fraction of sp³-hybridized carbons (Fsp3) is 0.308. The molecular weight excluding hydrogens is 342 g/mol. The summed E-state index contributed by atoms with van der Waals surface area (Å²) in [6.07, 6.45) is 7.86. The molecule has 0 saturated heterocycles. The fourth-order valence-corrected chi connectivity index (χ4v) is 3.79. The predicted octanol–water partition coefficient (Wildman–Crippen LogP) is 6.74. The molecule has 0 heterocycles. The Kier molecular flexibility index (Phi) is 6.41. The normalized spacial score (nSPS) is 11.3. The van der Waals surface area contributed by atoms with Crippen molar-refractivity contribution < 1.29 is 4.74 Å². The summed E-state index contributed by atoms with van der Waals surface area (Å²) in [6.45, 7) is 4.41. The van der Waals surface area contributed by atoms with Crippen molar-refractivity contribution in [2.45, 2.75) is 33.1 Å². The number of hydrogen-bond acceptors (Lipinski definition) is 2. The monoisotopic (exact) mass is 373 g/mol. The quantitative estimate of drug-likeness (QED) is 0.425. The van der Waals surface area contributed by atoms with Gasteiger partial charge in [0.15, 0.2) is 0 Å². The van der Waals surface area contributed by atoms with Gasteiger partial charge in [0.1, 0.15) is 5.75 Å². The van der Waals surface area contributed by atoms with Crippen LogP contribution in [0.5, 0.6) is 5.75 Å². The molecule has 0 radical (unpaired) electrons. The number of benzene rings is 3. The van der Waals surface area contributed by atoms with E-state index in [1.54, 1.807) is 7.11 Å². The number of anilines is 1. The van der Waals surface area contributed by atoms with Crippen LogP contribution in [0.4, 0.5) is 5.69 Å². The summed E-state index contributed by atoms with van der Waals surface area (Å²) < 4.78 is 5.69. The number of nitrogens with zero attached hydrogens (tertiary/aromatic N) is 1. The van der Waals surface area contributed by atoms with Crippen LogP contribution in [0.3, 0.4) is 0 Å². The minimum absolute atomic E-state index is 1.00. The van der Waals surface area contributed by atoms with Gasteiger partial charge < -0.3 is 9.64 Å². The summed E-state index contributed by atoms with van der Waals surface area (Å²) in [5.41, 5.74) is 6.29. The van der Waals surface area contributed by atoms with Gasteiger partial charge in [-0.3, -0.25) is 0 Å². The Hall–Kier alpha value is -2.74. The van der Waals surface area contributed by atoms with Crippen molar-refractivity contribution in [3.05, 3.63) is 70.8 Å². The van der Waals surface area contributed by atoms with Gasteiger partial charge in [0, 0.05) is 25.2 Å². The van der Waals surface area contributed by atoms with E-state index in [1.807, 2.05) is 0 Å². The molecule has 0 spiro atoms. The molecule has 3 rings (SSSR count).